The third-order valence-corrected chi connectivity index (χ3v) is 2.84. The topological polar surface area (TPSA) is 65.7 Å². The van der Waals surface area contributed by atoms with Crippen molar-refractivity contribution < 1.29 is 18.7 Å². The van der Waals surface area contributed by atoms with Crippen molar-refractivity contribution >= 4 is 5.97 Å². The van der Waals surface area contributed by atoms with E-state index in [-0.39, 0.29) is 17.8 Å². The first-order valence-electron chi connectivity index (χ1n) is 6.50. The van der Waals surface area contributed by atoms with Crippen LogP contribution >= 0.6 is 0 Å². The first kappa shape index (κ1) is 15.4. The van der Waals surface area contributed by atoms with Gasteiger partial charge >= 0.3 is 5.97 Å². The van der Waals surface area contributed by atoms with E-state index in [1.807, 2.05) is 0 Å². The molecule has 0 N–H and O–H groups in total. The molecule has 1 heterocycles. The van der Waals surface area contributed by atoms with E-state index in [1.165, 1.54) is 19.4 Å². The number of carbonyl (C=O) groups is 1. The van der Waals surface area contributed by atoms with Crippen LogP contribution in [0.25, 0.3) is 0 Å². The van der Waals surface area contributed by atoms with Gasteiger partial charge in [-0.25, -0.2) is 4.79 Å². The molecule has 2 aromatic rings. The molecule has 0 saturated heterocycles. The Kier molecular flexibility index (Phi) is 4.99. The van der Waals surface area contributed by atoms with E-state index in [1.54, 1.807) is 31.2 Å². The lowest BCUT2D eigenvalue weighted by molar-refractivity contribution is 0.0600. The summed E-state index contributed by atoms with van der Waals surface area (Å²) in [6.07, 6.45) is 1.32. The molecule has 0 amide bonds. The molecule has 0 spiro atoms. The van der Waals surface area contributed by atoms with E-state index in [9.17, 15) is 9.59 Å². The van der Waals surface area contributed by atoms with Gasteiger partial charge in [-0.2, -0.15) is 0 Å². The van der Waals surface area contributed by atoms with Gasteiger partial charge in [0.15, 0.2) is 0 Å². The third-order valence-electron chi connectivity index (χ3n) is 2.84. The minimum atomic E-state index is -0.394. The Morgan fingerprint density at radius 2 is 1.95 bits per heavy atom. The SMILES string of the molecule is COC(=O)c1ccc(C#CCOc2c(C)occc2=O)cc1. The fraction of sp³-hybridized carbons (Fsp3) is 0.176. The van der Waals surface area contributed by atoms with Crippen molar-refractivity contribution in [2.75, 3.05) is 13.7 Å². The number of esters is 1. The van der Waals surface area contributed by atoms with Crippen LogP contribution in [0.4, 0.5) is 0 Å². The average Bonchev–Trinajstić information content (AvgIpc) is 2.53. The zero-order valence-electron chi connectivity index (χ0n) is 12.2. The Labute approximate surface area is 127 Å². The van der Waals surface area contributed by atoms with Crippen LogP contribution in [0.2, 0.25) is 0 Å². The summed E-state index contributed by atoms with van der Waals surface area (Å²) >= 11 is 0. The Bertz CT molecular complexity index is 775. The van der Waals surface area contributed by atoms with E-state index < -0.39 is 5.97 Å². The molecule has 0 atom stereocenters. The summed E-state index contributed by atoms with van der Waals surface area (Å²) in [6, 6.07) is 7.98. The standard InChI is InChI=1S/C17H14O5/c1-12-16(15(18)9-11-21-12)22-10-3-4-13-5-7-14(8-6-13)17(19)20-2/h5-9,11H,10H2,1-2H3. The van der Waals surface area contributed by atoms with Crippen LogP contribution in [0.5, 0.6) is 5.75 Å². The van der Waals surface area contributed by atoms with Crippen LogP contribution in [-0.2, 0) is 4.74 Å². The number of carbonyl (C=O) groups excluding carboxylic acids is 1. The Morgan fingerprint density at radius 3 is 2.59 bits per heavy atom. The van der Waals surface area contributed by atoms with Crippen LogP contribution in [0.3, 0.4) is 0 Å². The minimum Gasteiger partial charge on any atom is -0.473 e. The maximum Gasteiger partial charge on any atom is 0.337 e. The first-order chi connectivity index (χ1) is 10.6. The van der Waals surface area contributed by atoms with Gasteiger partial charge in [0.25, 0.3) is 0 Å². The number of hydrogen-bond acceptors (Lipinski definition) is 5. The second-order valence-corrected chi connectivity index (χ2v) is 4.33. The van der Waals surface area contributed by atoms with E-state index in [0.29, 0.717) is 11.3 Å². The molecule has 22 heavy (non-hydrogen) atoms. The van der Waals surface area contributed by atoms with E-state index >= 15 is 0 Å². The van der Waals surface area contributed by atoms with Gasteiger partial charge in [-0.1, -0.05) is 11.8 Å². The molecular formula is C17H14O5. The molecule has 0 unspecified atom stereocenters. The highest BCUT2D eigenvalue weighted by atomic mass is 16.5. The molecule has 5 heteroatoms. The number of ether oxygens (including phenoxy) is 2. The lowest BCUT2D eigenvalue weighted by Gasteiger charge is -2.02. The molecule has 1 aromatic heterocycles. The second-order valence-electron chi connectivity index (χ2n) is 4.33. The highest BCUT2D eigenvalue weighted by molar-refractivity contribution is 5.89. The largest absolute Gasteiger partial charge is 0.473 e. The average molecular weight is 298 g/mol. The third kappa shape index (κ3) is 3.76. The van der Waals surface area contributed by atoms with E-state index in [2.05, 4.69) is 16.6 Å². The Hall–Kier alpha value is -3.00. The maximum atomic E-state index is 11.6. The smallest absolute Gasteiger partial charge is 0.337 e. The summed E-state index contributed by atoms with van der Waals surface area (Å²) in [4.78, 5) is 22.8. The molecule has 2 rings (SSSR count). The van der Waals surface area contributed by atoms with Gasteiger partial charge in [-0.3, -0.25) is 4.79 Å². The van der Waals surface area contributed by atoms with E-state index in [4.69, 9.17) is 9.15 Å². The molecule has 0 saturated carbocycles. The van der Waals surface area contributed by atoms with Crippen molar-refractivity contribution in [1.82, 2.24) is 0 Å². The van der Waals surface area contributed by atoms with Gasteiger partial charge in [0.05, 0.1) is 18.9 Å². The number of rotatable bonds is 3. The summed E-state index contributed by atoms with van der Waals surface area (Å²) in [6.45, 7) is 1.71. The van der Waals surface area contributed by atoms with Crippen molar-refractivity contribution in [2.24, 2.45) is 0 Å². The molecule has 0 aliphatic carbocycles. The quantitative estimate of drug-likeness (QED) is 0.642. The predicted molar refractivity (Wildman–Crippen MR) is 79.9 cm³/mol. The van der Waals surface area contributed by atoms with Gasteiger partial charge in [-0.15, -0.1) is 0 Å². The summed E-state index contributed by atoms with van der Waals surface area (Å²) < 4.78 is 15.0. The molecule has 0 fully saturated rings. The fourth-order valence-electron chi connectivity index (χ4n) is 1.73. The zero-order valence-corrected chi connectivity index (χ0v) is 12.2. The van der Waals surface area contributed by atoms with Crippen molar-refractivity contribution in [3.05, 3.63) is 63.7 Å². The van der Waals surface area contributed by atoms with Gasteiger partial charge in [0.2, 0.25) is 11.2 Å². The van der Waals surface area contributed by atoms with Crippen molar-refractivity contribution in [1.29, 1.82) is 0 Å². The molecule has 0 radical (unpaired) electrons. The predicted octanol–water partition coefficient (Wildman–Crippen LogP) is 2.17. The second kappa shape index (κ2) is 7.14. The van der Waals surface area contributed by atoms with Gasteiger partial charge in [-0.05, 0) is 31.2 Å². The normalized spacial score (nSPS) is 9.55. The zero-order chi connectivity index (χ0) is 15.9. The lowest BCUT2D eigenvalue weighted by atomic mass is 10.1. The molecule has 0 aliphatic rings. The van der Waals surface area contributed by atoms with Crippen molar-refractivity contribution in [2.45, 2.75) is 6.92 Å². The Morgan fingerprint density at radius 1 is 1.23 bits per heavy atom. The molecule has 0 aliphatic heterocycles. The molecular weight excluding hydrogens is 284 g/mol. The van der Waals surface area contributed by atoms with Crippen LogP contribution in [0, 0.1) is 18.8 Å². The van der Waals surface area contributed by atoms with Crippen LogP contribution < -0.4 is 10.2 Å². The van der Waals surface area contributed by atoms with Crippen LogP contribution in [-0.4, -0.2) is 19.7 Å². The minimum absolute atomic E-state index is 0.0639. The lowest BCUT2D eigenvalue weighted by Crippen LogP contribution is -2.08. The molecule has 0 bridgehead atoms. The van der Waals surface area contributed by atoms with Gasteiger partial charge < -0.3 is 13.9 Å². The highest BCUT2D eigenvalue weighted by Gasteiger charge is 2.05. The summed E-state index contributed by atoms with van der Waals surface area (Å²) in [5.41, 5.74) is 0.947. The summed E-state index contributed by atoms with van der Waals surface area (Å²) in [5, 5.41) is 0. The van der Waals surface area contributed by atoms with Crippen LogP contribution in [0.1, 0.15) is 21.7 Å². The molecule has 1 aromatic carbocycles. The first-order valence-corrected chi connectivity index (χ1v) is 6.50. The number of hydrogen-bond donors (Lipinski definition) is 0. The molecule has 5 nitrogen and oxygen atoms in total. The summed E-state index contributed by atoms with van der Waals surface area (Å²) in [7, 11) is 1.33. The van der Waals surface area contributed by atoms with Gasteiger partial charge in [0.1, 0.15) is 12.4 Å². The number of benzene rings is 1. The van der Waals surface area contributed by atoms with E-state index in [0.717, 1.165) is 5.56 Å². The van der Waals surface area contributed by atoms with Crippen LogP contribution in [0.15, 0.2) is 45.8 Å². The monoisotopic (exact) mass is 298 g/mol. The molecule has 112 valence electrons. The number of methoxy groups -OCH3 is 1. The highest BCUT2D eigenvalue weighted by Crippen LogP contribution is 2.10. The Balaban J connectivity index is 2.00. The van der Waals surface area contributed by atoms with Crippen molar-refractivity contribution in [3.8, 4) is 17.6 Å². The number of aryl methyl sites for hydroxylation is 1. The summed E-state index contributed by atoms with van der Waals surface area (Å²) in [5.74, 6) is 5.86. The fourth-order valence-corrected chi connectivity index (χ4v) is 1.73. The van der Waals surface area contributed by atoms with Gasteiger partial charge in [0, 0.05) is 11.6 Å². The maximum absolute atomic E-state index is 11.6. The van der Waals surface area contributed by atoms with Crippen molar-refractivity contribution in [3.63, 3.8) is 0 Å².